The van der Waals surface area contributed by atoms with Gasteiger partial charge in [0.15, 0.2) is 0 Å². The average molecular weight is 422 g/mol. The van der Waals surface area contributed by atoms with Gasteiger partial charge in [-0.05, 0) is 81.5 Å². The van der Waals surface area contributed by atoms with E-state index in [-0.39, 0.29) is 11.4 Å². The molecule has 0 bridgehead atoms. The molecule has 2 aromatic rings. The first-order valence-electron chi connectivity index (χ1n) is 10.5. The van der Waals surface area contributed by atoms with E-state index in [4.69, 9.17) is 11.6 Å². The zero-order chi connectivity index (χ0) is 21.6. The molecule has 0 saturated carbocycles. The van der Waals surface area contributed by atoms with Crippen molar-refractivity contribution in [3.05, 3.63) is 64.2 Å². The van der Waals surface area contributed by atoms with E-state index in [1.54, 1.807) is 0 Å². The van der Waals surface area contributed by atoms with Crippen LogP contribution in [0.4, 0.5) is 11.4 Å². The Kier molecular flexibility index (Phi) is 5.23. The van der Waals surface area contributed by atoms with Crippen LogP contribution in [0.2, 0.25) is 5.02 Å². The fraction of sp³-hybridized carbons (Fsp3) is 0.360. The van der Waals surface area contributed by atoms with Gasteiger partial charge in [0.05, 0.1) is 17.0 Å². The summed E-state index contributed by atoms with van der Waals surface area (Å²) in [5.74, 6) is 0.291. The van der Waals surface area contributed by atoms with Crippen molar-refractivity contribution in [2.75, 3.05) is 16.5 Å². The smallest absolute Gasteiger partial charge is 0.280 e. The number of anilines is 2. The van der Waals surface area contributed by atoms with Crippen LogP contribution >= 0.6 is 11.6 Å². The molecule has 1 unspecified atom stereocenters. The summed E-state index contributed by atoms with van der Waals surface area (Å²) in [6.45, 7) is 11.8. The summed E-state index contributed by atoms with van der Waals surface area (Å²) in [5, 5.41) is 6.59. The Morgan fingerprint density at radius 3 is 2.60 bits per heavy atom. The number of halogens is 1. The molecule has 156 valence electrons. The van der Waals surface area contributed by atoms with E-state index < -0.39 is 0 Å². The summed E-state index contributed by atoms with van der Waals surface area (Å²) in [6, 6.07) is 13.7. The fourth-order valence-corrected chi connectivity index (χ4v) is 5.03. The van der Waals surface area contributed by atoms with Gasteiger partial charge in [-0.3, -0.25) is 4.79 Å². The standard InChI is InChI=1S/C25H28ClN3O/c1-6-28-23-14-22(26)18(12-20(23)16(2)15-25(28,4)5)13-21-17(3)27-29(24(21)30)19-10-8-7-9-11-19/h7-14,16H,6,15H2,1-5H3/b21-13-. The van der Waals surface area contributed by atoms with E-state index in [0.717, 1.165) is 24.2 Å². The Morgan fingerprint density at radius 1 is 1.23 bits per heavy atom. The summed E-state index contributed by atoms with van der Waals surface area (Å²) in [6.07, 6.45) is 2.96. The molecule has 0 spiro atoms. The van der Waals surface area contributed by atoms with E-state index in [1.165, 1.54) is 16.3 Å². The molecule has 0 fully saturated rings. The molecule has 1 atom stereocenters. The topological polar surface area (TPSA) is 35.9 Å². The van der Waals surface area contributed by atoms with E-state index in [2.05, 4.69) is 49.8 Å². The van der Waals surface area contributed by atoms with Crippen LogP contribution < -0.4 is 9.91 Å². The van der Waals surface area contributed by atoms with E-state index in [0.29, 0.717) is 22.2 Å². The van der Waals surface area contributed by atoms with Gasteiger partial charge in [0.1, 0.15) is 0 Å². The van der Waals surface area contributed by atoms with Crippen molar-refractivity contribution in [2.24, 2.45) is 5.10 Å². The van der Waals surface area contributed by atoms with Crippen molar-refractivity contribution in [3.63, 3.8) is 0 Å². The van der Waals surface area contributed by atoms with Gasteiger partial charge in [-0.15, -0.1) is 0 Å². The Morgan fingerprint density at radius 2 is 1.93 bits per heavy atom. The number of amides is 1. The second kappa shape index (κ2) is 7.59. The molecular formula is C25H28ClN3O. The number of benzene rings is 2. The summed E-state index contributed by atoms with van der Waals surface area (Å²) in [5.41, 5.74) is 5.47. The second-order valence-corrected chi connectivity index (χ2v) is 9.20. The highest BCUT2D eigenvalue weighted by atomic mass is 35.5. The highest BCUT2D eigenvalue weighted by Gasteiger charge is 2.36. The number of nitrogens with zero attached hydrogens (tertiary/aromatic N) is 3. The maximum atomic E-state index is 13.1. The maximum absolute atomic E-state index is 13.1. The Bertz CT molecular complexity index is 1060. The molecule has 30 heavy (non-hydrogen) atoms. The van der Waals surface area contributed by atoms with Gasteiger partial charge >= 0.3 is 0 Å². The third kappa shape index (κ3) is 3.43. The van der Waals surface area contributed by atoms with Crippen molar-refractivity contribution in [1.29, 1.82) is 0 Å². The lowest BCUT2D eigenvalue weighted by Crippen LogP contribution is -2.48. The molecule has 2 aliphatic rings. The molecule has 0 saturated heterocycles. The van der Waals surface area contributed by atoms with Crippen molar-refractivity contribution >= 4 is 40.7 Å². The molecule has 4 nitrogen and oxygen atoms in total. The monoisotopic (exact) mass is 421 g/mol. The first-order valence-corrected chi connectivity index (χ1v) is 10.9. The summed E-state index contributed by atoms with van der Waals surface area (Å²) in [4.78, 5) is 15.5. The number of para-hydroxylation sites is 1. The minimum absolute atomic E-state index is 0.0886. The zero-order valence-corrected chi connectivity index (χ0v) is 19.0. The van der Waals surface area contributed by atoms with Crippen LogP contribution in [0.25, 0.3) is 6.08 Å². The number of carbonyl (C=O) groups is 1. The van der Waals surface area contributed by atoms with Crippen LogP contribution in [0.5, 0.6) is 0 Å². The number of hydrazone groups is 1. The van der Waals surface area contributed by atoms with E-state index in [1.807, 2.05) is 43.3 Å². The third-order valence-electron chi connectivity index (χ3n) is 6.18. The van der Waals surface area contributed by atoms with Crippen LogP contribution in [0.15, 0.2) is 53.1 Å². The number of hydrogen-bond acceptors (Lipinski definition) is 3. The fourth-order valence-electron chi connectivity index (χ4n) is 4.81. The lowest BCUT2D eigenvalue weighted by atomic mass is 9.79. The van der Waals surface area contributed by atoms with Crippen LogP contribution in [0.1, 0.15) is 58.1 Å². The average Bonchev–Trinajstić information content (AvgIpc) is 2.97. The zero-order valence-electron chi connectivity index (χ0n) is 18.2. The summed E-state index contributed by atoms with van der Waals surface area (Å²) >= 11 is 6.72. The van der Waals surface area contributed by atoms with Crippen molar-refractivity contribution in [3.8, 4) is 0 Å². The van der Waals surface area contributed by atoms with E-state index in [9.17, 15) is 4.79 Å². The predicted molar refractivity (Wildman–Crippen MR) is 127 cm³/mol. The largest absolute Gasteiger partial charge is 0.366 e. The van der Waals surface area contributed by atoms with Crippen molar-refractivity contribution in [2.45, 2.75) is 52.5 Å². The van der Waals surface area contributed by atoms with Gasteiger partial charge in [-0.2, -0.15) is 10.1 Å². The Hall–Kier alpha value is -2.59. The molecule has 0 aromatic heterocycles. The minimum Gasteiger partial charge on any atom is -0.366 e. The number of fused-ring (bicyclic) bond motifs is 1. The van der Waals surface area contributed by atoms with Crippen LogP contribution in [0, 0.1) is 0 Å². The Balaban J connectivity index is 1.74. The molecule has 0 N–H and O–H groups in total. The minimum atomic E-state index is -0.128. The first-order chi connectivity index (χ1) is 14.2. The molecule has 2 aromatic carbocycles. The highest BCUT2D eigenvalue weighted by molar-refractivity contribution is 6.35. The van der Waals surface area contributed by atoms with Crippen LogP contribution in [-0.2, 0) is 4.79 Å². The third-order valence-corrected chi connectivity index (χ3v) is 6.51. The molecule has 2 aliphatic heterocycles. The van der Waals surface area contributed by atoms with Gasteiger partial charge < -0.3 is 4.90 Å². The predicted octanol–water partition coefficient (Wildman–Crippen LogP) is 6.26. The normalized spacial score (nSPS) is 21.8. The van der Waals surface area contributed by atoms with Gasteiger partial charge in [0.2, 0.25) is 0 Å². The molecule has 5 heteroatoms. The van der Waals surface area contributed by atoms with Gasteiger partial charge in [-0.25, -0.2) is 0 Å². The molecule has 1 amide bonds. The number of carbonyl (C=O) groups excluding carboxylic acids is 1. The van der Waals surface area contributed by atoms with Crippen LogP contribution in [-0.4, -0.2) is 23.7 Å². The molecule has 2 heterocycles. The maximum Gasteiger partial charge on any atom is 0.280 e. The lowest BCUT2D eigenvalue weighted by Gasteiger charge is -2.47. The highest BCUT2D eigenvalue weighted by Crippen LogP contribution is 2.45. The number of rotatable bonds is 3. The SMILES string of the molecule is CCN1c2cc(Cl)c(/C=C3\C(=O)N(c4ccccc4)N=C3C)cc2C(C)CC1(C)C. The molecule has 4 rings (SSSR count). The van der Waals surface area contributed by atoms with Crippen molar-refractivity contribution < 1.29 is 4.79 Å². The molecular weight excluding hydrogens is 394 g/mol. The lowest BCUT2D eigenvalue weighted by molar-refractivity contribution is -0.114. The van der Waals surface area contributed by atoms with Gasteiger partial charge in [-0.1, -0.05) is 36.7 Å². The summed E-state index contributed by atoms with van der Waals surface area (Å²) < 4.78 is 0. The van der Waals surface area contributed by atoms with Crippen LogP contribution in [0.3, 0.4) is 0 Å². The summed E-state index contributed by atoms with van der Waals surface area (Å²) in [7, 11) is 0. The van der Waals surface area contributed by atoms with Gasteiger partial charge in [0.25, 0.3) is 5.91 Å². The number of hydrogen-bond donors (Lipinski definition) is 0. The van der Waals surface area contributed by atoms with E-state index >= 15 is 0 Å². The second-order valence-electron chi connectivity index (χ2n) is 8.79. The van der Waals surface area contributed by atoms with Crippen molar-refractivity contribution in [1.82, 2.24) is 0 Å². The molecule has 0 aliphatic carbocycles. The Labute approximate surface area is 183 Å². The molecule has 0 radical (unpaired) electrons. The first kappa shape index (κ1) is 20.7. The van der Waals surface area contributed by atoms with Gasteiger partial charge in [0, 0.05) is 22.8 Å². The quantitative estimate of drug-likeness (QED) is 0.548.